The molecule has 0 aliphatic rings. The molecule has 0 aromatic heterocycles. The van der Waals surface area contributed by atoms with Crippen molar-refractivity contribution in [3.05, 3.63) is 53.6 Å². The van der Waals surface area contributed by atoms with Gasteiger partial charge < -0.3 is 4.74 Å². The van der Waals surface area contributed by atoms with Gasteiger partial charge in [-0.1, -0.05) is 24.8 Å². The van der Waals surface area contributed by atoms with Gasteiger partial charge in [0.25, 0.3) is 0 Å². The minimum atomic E-state index is -0.730. The molecular weight excluding hydrogens is 322 g/mol. The van der Waals surface area contributed by atoms with Crippen molar-refractivity contribution < 1.29 is 23.1 Å². The number of carbonyl (C=O) groups excluding carboxylic acids is 2. The second kappa shape index (κ2) is 7.37. The summed E-state index contributed by atoms with van der Waals surface area (Å²) in [5, 5.41) is -0.284. The van der Waals surface area contributed by atoms with Crippen LogP contribution in [0.15, 0.2) is 36.4 Å². The maximum Gasteiger partial charge on any atom is 0.308 e. The molecule has 0 bridgehead atoms. The fourth-order valence-corrected chi connectivity index (χ4v) is 2.61. The van der Waals surface area contributed by atoms with Crippen LogP contribution in [-0.4, -0.2) is 16.8 Å². The molecule has 6 heteroatoms. The molecule has 0 saturated heterocycles. The van der Waals surface area contributed by atoms with Crippen LogP contribution < -0.4 is 4.74 Å². The first-order valence-electron chi connectivity index (χ1n) is 6.87. The van der Waals surface area contributed by atoms with Crippen molar-refractivity contribution in [3.63, 3.8) is 0 Å². The number of rotatable bonds is 4. The summed E-state index contributed by atoms with van der Waals surface area (Å²) in [6.45, 7) is 3.05. The molecule has 2 aromatic carbocycles. The molecule has 0 atom stereocenters. The molecule has 120 valence electrons. The largest absolute Gasteiger partial charge is 0.426 e. The summed E-state index contributed by atoms with van der Waals surface area (Å²) in [4.78, 5) is 23.3. The van der Waals surface area contributed by atoms with Crippen LogP contribution >= 0.6 is 11.8 Å². The molecule has 0 amide bonds. The van der Waals surface area contributed by atoms with Crippen LogP contribution in [0.3, 0.4) is 0 Å². The zero-order chi connectivity index (χ0) is 17.0. The lowest BCUT2D eigenvalue weighted by Gasteiger charge is -2.11. The minimum Gasteiger partial charge on any atom is -0.426 e. The first-order valence-corrected chi connectivity index (χ1v) is 7.86. The molecule has 0 unspecified atom stereocenters. The number of esters is 1. The number of hydrogen-bond acceptors (Lipinski definition) is 4. The van der Waals surface area contributed by atoms with Crippen LogP contribution in [-0.2, 0) is 4.79 Å². The Labute approximate surface area is 136 Å². The van der Waals surface area contributed by atoms with Crippen molar-refractivity contribution in [2.75, 3.05) is 5.75 Å². The monoisotopic (exact) mass is 336 g/mol. The summed E-state index contributed by atoms with van der Waals surface area (Å²) < 4.78 is 32.0. The summed E-state index contributed by atoms with van der Waals surface area (Å²) in [6.07, 6.45) is 0. The number of carbonyl (C=O) groups is 2. The Bertz CT molecular complexity index is 759. The molecule has 0 radical (unpaired) electrons. The van der Waals surface area contributed by atoms with E-state index in [9.17, 15) is 18.4 Å². The van der Waals surface area contributed by atoms with E-state index in [2.05, 4.69) is 0 Å². The van der Waals surface area contributed by atoms with Gasteiger partial charge >= 0.3 is 5.97 Å². The van der Waals surface area contributed by atoms with Crippen LogP contribution in [0.25, 0.3) is 11.1 Å². The molecule has 2 aromatic rings. The van der Waals surface area contributed by atoms with Gasteiger partial charge in [-0.15, -0.1) is 0 Å². The first kappa shape index (κ1) is 17.1. The Morgan fingerprint density at radius 1 is 1.13 bits per heavy atom. The number of benzene rings is 2. The Kier molecular flexibility index (Phi) is 5.50. The molecule has 0 saturated carbocycles. The molecule has 0 spiro atoms. The maximum absolute atomic E-state index is 13.9. The van der Waals surface area contributed by atoms with Gasteiger partial charge in [0.2, 0.25) is 5.12 Å². The molecule has 2 rings (SSSR count). The van der Waals surface area contributed by atoms with Crippen LogP contribution in [0.2, 0.25) is 0 Å². The first-order chi connectivity index (χ1) is 10.9. The highest BCUT2D eigenvalue weighted by Gasteiger charge is 2.17. The van der Waals surface area contributed by atoms with E-state index in [1.165, 1.54) is 31.2 Å². The molecule has 0 fully saturated rings. The fourth-order valence-electron chi connectivity index (χ4n) is 2.03. The Morgan fingerprint density at radius 2 is 1.87 bits per heavy atom. The fraction of sp³-hybridized carbons (Fsp3) is 0.176. The third kappa shape index (κ3) is 4.16. The zero-order valence-electron chi connectivity index (χ0n) is 12.6. The molecule has 3 nitrogen and oxygen atoms in total. The van der Waals surface area contributed by atoms with E-state index in [-0.39, 0.29) is 22.0 Å². The molecule has 0 aliphatic heterocycles. The Balaban J connectivity index is 2.52. The quantitative estimate of drug-likeness (QED) is 0.611. The lowest BCUT2D eigenvalue weighted by molar-refractivity contribution is -0.131. The third-order valence-corrected chi connectivity index (χ3v) is 3.74. The van der Waals surface area contributed by atoms with Gasteiger partial charge in [0.1, 0.15) is 17.4 Å². The van der Waals surface area contributed by atoms with Crippen molar-refractivity contribution in [1.82, 2.24) is 0 Å². The van der Waals surface area contributed by atoms with E-state index in [0.717, 1.165) is 23.9 Å². The van der Waals surface area contributed by atoms with E-state index in [1.54, 1.807) is 0 Å². The van der Waals surface area contributed by atoms with Gasteiger partial charge in [0.15, 0.2) is 0 Å². The van der Waals surface area contributed by atoms with E-state index in [0.29, 0.717) is 11.3 Å². The Hall–Kier alpha value is -2.21. The van der Waals surface area contributed by atoms with E-state index in [1.807, 2.05) is 6.92 Å². The highest BCUT2D eigenvalue weighted by Crippen LogP contribution is 2.31. The smallest absolute Gasteiger partial charge is 0.308 e. The average molecular weight is 336 g/mol. The molecule has 0 N–H and O–H groups in total. The lowest BCUT2D eigenvalue weighted by atomic mass is 10.0. The van der Waals surface area contributed by atoms with Gasteiger partial charge in [-0.05, 0) is 35.6 Å². The summed E-state index contributed by atoms with van der Waals surface area (Å²) >= 11 is 1.05. The minimum absolute atomic E-state index is 0.120. The zero-order valence-corrected chi connectivity index (χ0v) is 13.4. The summed E-state index contributed by atoms with van der Waals surface area (Å²) in [7, 11) is 0. The van der Waals surface area contributed by atoms with Gasteiger partial charge in [-0.25, -0.2) is 8.78 Å². The predicted octanol–water partition coefficient (Wildman–Crippen LogP) is 4.45. The van der Waals surface area contributed by atoms with Gasteiger partial charge in [0, 0.05) is 18.6 Å². The summed E-state index contributed by atoms with van der Waals surface area (Å²) in [5.41, 5.74) is 0.739. The molecule has 23 heavy (non-hydrogen) atoms. The van der Waals surface area contributed by atoms with Crippen molar-refractivity contribution in [1.29, 1.82) is 0 Å². The molecule has 0 heterocycles. The van der Waals surface area contributed by atoms with Gasteiger partial charge in [-0.3, -0.25) is 9.59 Å². The van der Waals surface area contributed by atoms with Crippen molar-refractivity contribution >= 4 is 22.8 Å². The van der Waals surface area contributed by atoms with E-state index >= 15 is 0 Å². The third-order valence-electron chi connectivity index (χ3n) is 2.97. The topological polar surface area (TPSA) is 43.4 Å². The van der Waals surface area contributed by atoms with Crippen molar-refractivity contribution in [2.45, 2.75) is 13.8 Å². The van der Waals surface area contributed by atoms with E-state index in [4.69, 9.17) is 4.74 Å². The predicted molar refractivity (Wildman–Crippen MR) is 85.6 cm³/mol. The van der Waals surface area contributed by atoms with Crippen LogP contribution in [0, 0.1) is 11.6 Å². The maximum atomic E-state index is 13.9. The van der Waals surface area contributed by atoms with Crippen molar-refractivity contribution in [2.24, 2.45) is 0 Å². The molecular formula is C17H14F2O3S. The Morgan fingerprint density at radius 3 is 2.48 bits per heavy atom. The lowest BCUT2D eigenvalue weighted by Crippen LogP contribution is -2.06. The van der Waals surface area contributed by atoms with Crippen molar-refractivity contribution in [3.8, 4) is 16.9 Å². The van der Waals surface area contributed by atoms with Gasteiger partial charge in [0.05, 0.1) is 5.56 Å². The SMILES string of the molecule is CCSC(=O)c1cc(-c2ccc(F)cc2F)ccc1OC(C)=O. The number of hydrogen-bond donors (Lipinski definition) is 0. The van der Waals surface area contributed by atoms with Crippen LogP contribution in [0.5, 0.6) is 5.75 Å². The second-order valence-corrected chi connectivity index (χ2v) is 5.89. The summed E-state index contributed by atoms with van der Waals surface area (Å²) in [5.74, 6) is -1.30. The highest BCUT2D eigenvalue weighted by atomic mass is 32.2. The standard InChI is InChI=1S/C17H14F2O3S/c1-3-23-17(21)14-8-11(4-7-16(14)22-10(2)20)13-6-5-12(18)9-15(13)19/h4-9H,3H2,1-2H3. The van der Waals surface area contributed by atoms with E-state index < -0.39 is 17.6 Å². The summed E-state index contributed by atoms with van der Waals surface area (Å²) in [6, 6.07) is 7.61. The van der Waals surface area contributed by atoms with Crippen LogP contribution in [0.4, 0.5) is 8.78 Å². The normalized spacial score (nSPS) is 10.4. The highest BCUT2D eigenvalue weighted by molar-refractivity contribution is 8.14. The molecule has 0 aliphatic carbocycles. The second-order valence-electron chi connectivity index (χ2n) is 4.65. The number of halogens is 2. The van der Waals surface area contributed by atoms with Crippen LogP contribution in [0.1, 0.15) is 24.2 Å². The number of thioether (sulfide) groups is 1. The average Bonchev–Trinajstić information content (AvgIpc) is 2.47. The number of ether oxygens (including phenoxy) is 1. The van der Waals surface area contributed by atoms with Gasteiger partial charge in [-0.2, -0.15) is 0 Å².